The number of para-hydroxylation sites is 1. The second-order valence-electron chi connectivity index (χ2n) is 6.42. The predicted octanol–water partition coefficient (Wildman–Crippen LogP) is 3.30. The summed E-state index contributed by atoms with van der Waals surface area (Å²) in [4.78, 5) is 28.0. The average Bonchev–Trinajstić information content (AvgIpc) is 3.19. The molecule has 5 nitrogen and oxygen atoms in total. The molecule has 0 saturated carbocycles. The van der Waals surface area contributed by atoms with E-state index in [1.807, 2.05) is 41.8 Å². The van der Waals surface area contributed by atoms with E-state index in [1.54, 1.807) is 11.3 Å². The Kier molecular flexibility index (Phi) is 4.21. The number of carbonyl (C=O) groups excluding carboxylic acids is 2. The number of urea groups is 1. The van der Waals surface area contributed by atoms with Gasteiger partial charge in [-0.15, -0.1) is 11.3 Å². The lowest BCUT2D eigenvalue weighted by Crippen LogP contribution is -2.46. The minimum absolute atomic E-state index is 0.114. The molecule has 130 valence electrons. The van der Waals surface area contributed by atoms with Crippen LogP contribution >= 0.6 is 11.3 Å². The zero-order chi connectivity index (χ0) is 17.3. The van der Waals surface area contributed by atoms with Gasteiger partial charge in [-0.05, 0) is 49.3 Å². The number of fused-ring (bicyclic) bond motifs is 2. The van der Waals surface area contributed by atoms with Gasteiger partial charge in [-0.25, -0.2) is 4.79 Å². The molecular formula is C19H20N2O3S. The number of imide groups is 1. The zero-order valence-corrected chi connectivity index (χ0v) is 14.7. The van der Waals surface area contributed by atoms with E-state index in [9.17, 15) is 9.59 Å². The van der Waals surface area contributed by atoms with Gasteiger partial charge >= 0.3 is 6.03 Å². The van der Waals surface area contributed by atoms with Crippen LogP contribution in [0.25, 0.3) is 0 Å². The van der Waals surface area contributed by atoms with Crippen molar-refractivity contribution >= 4 is 23.3 Å². The summed E-state index contributed by atoms with van der Waals surface area (Å²) in [5.74, 6) is 0.683. The van der Waals surface area contributed by atoms with Crippen LogP contribution in [0.4, 0.5) is 4.79 Å². The zero-order valence-electron chi connectivity index (χ0n) is 13.9. The Morgan fingerprint density at radius 2 is 2.04 bits per heavy atom. The standard InChI is InChI=1S/C19H20N2O3S/c22-17-19(10-4-8-16-15(19)9-13-25-16)20-18(23)21(17)11-5-12-24-14-6-2-1-3-7-14/h1-3,6-7,9,13H,4-5,8,10-12H2,(H,20,23). The molecule has 1 N–H and O–H groups in total. The molecule has 0 radical (unpaired) electrons. The summed E-state index contributed by atoms with van der Waals surface area (Å²) in [6, 6.07) is 11.2. The van der Waals surface area contributed by atoms with Crippen LogP contribution in [0.3, 0.4) is 0 Å². The smallest absolute Gasteiger partial charge is 0.325 e. The van der Waals surface area contributed by atoms with Gasteiger partial charge in [-0.1, -0.05) is 18.2 Å². The van der Waals surface area contributed by atoms with Gasteiger partial charge < -0.3 is 10.1 Å². The van der Waals surface area contributed by atoms with E-state index in [0.717, 1.165) is 24.2 Å². The molecule has 1 atom stereocenters. The van der Waals surface area contributed by atoms with Crippen molar-refractivity contribution in [3.05, 3.63) is 52.2 Å². The fraction of sp³-hybridized carbons (Fsp3) is 0.368. The minimum Gasteiger partial charge on any atom is -0.494 e. The van der Waals surface area contributed by atoms with Crippen LogP contribution in [0.15, 0.2) is 41.8 Å². The van der Waals surface area contributed by atoms with Crippen LogP contribution in [0, 0.1) is 0 Å². The van der Waals surface area contributed by atoms with Crippen molar-refractivity contribution in [2.75, 3.05) is 13.2 Å². The topological polar surface area (TPSA) is 58.6 Å². The quantitative estimate of drug-likeness (QED) is 0.661. The van der Waals surface area contributed by atoms with Crippen LogP contribution in [0.2, 0.25) is 0 Å². The second-order valence-corrected chi connectivity index (χ2v) is 7.42. The number of nitrogens with one attached hydrogen (secondary N) is 1. The number of benzene rings is 1. The fourth-order valence-electron chi connectivity index (χ4n) is 3.67. The molecule has 6 heteroatoms. The SMILES string of the molecule is O=C1NC2(CCCc3sccc32)C(=O)N1CCCOc1ccccc1. The van der Waals surface area contributed by atoms with Gasteiger partial charge in [0.1, 0.15) is 11.3 Å². The molecule has 1 aliphatic carbocycles. The van der Waals surface area contributed by atoms with E-state index >= 15 is 0 Å². The van der Waals surface area contributed by atoms with E-state index in [-0.39, 0.29) is 11.9 Å². The van der Waals surface area contributed by atoms with E-state index in [4.69, 9.17) is 4.74 Å². The number of thiophene rings is 1. The third-order valence-electron chi connectivity index (χ3n) is 4.87. The number of ether oxygens (including phenoxy) is 1. The van der Waals surface area contributed by atoms with Gasteiger partial charge in [0.05, 0.1) is 6.61 Å². The minimum atomic E-state index is -0.842. The maximum absolute atomic E-state index is 13.0. The van der Waals surface area contributed by atoms with Crippen molar-refractivity contribution in [1.29, 1.82) is 0 Å². The number of nitrogens with zero attached hydrogens (tertiary/aromatic N) is 1. The van der Waals surface area contributed by atoms with Gasteiger partial charge in [0.15, 0.2) is 0 Å². The molecule has 1 aromatic carbocycles. The highest BCUT2D eigenvalue weighted by molar-refractivity contribution is 7.10. The number of carbonyl (C=O) groups is 2. The highest BCUT2D eigenvalue weighted by atomic mass is 32.1. The molecule has 1 fully saturated rings. The van der Waals surface area contributed by atoms with Crippen molar-refractivity contribution in [3.63, 3.8) is 0 Å². The predicted molar refractivity (Wildman–Crippen MR) is 95.7 cm³/mol. The van der Waals surface area contributed by atoms with Crippen molar-refractivity contribution in [2.24, 2.45) is 0 Å². The molecule has 4 rings (SSSR count). The Morgan fingerprint density at radius 1 is 1.20 bits per heavy atom. The lowest BCUT2D eigenvalue weighted by Gasteiger charge is -2.31. The number of hydrogen-bond donors (Lipinski definition) is 1. The Labute approximate surface area is 150 Å². The first-order chi connectivity index (χ1) is 12.2. The lowest BCUT2D eigenvalue weighted by molar-refractivity contribution is -0.132. The molecule has 1 unspecified atom stereocenters. The first kappa shape index (κ1) is 16.1. The molecule has 2 aromatic rings. The molecule has 1 aliphatic heterocycles. The number of aryl methyl sites for hydroxylation is 1. The lowest BCUT2D eigenvalue weighted by atomic mass is 9.80. The molecule has 2 heterocycles. The second kappa shape index (κ2) is 6.52. The Morgan fingerprint density at radius 3 is 2.88 bits per heavy atom. The first-order valence-corrected chi connectivity index (χ1v) is 9.47. The summed E-state index contributed by atoms with van der Waals surface area (Å²) in [6.07, 6.45) is 3.20. The highest BCUT2D eigenvalue weighted by Crippen LogP contribution is 2.42. The fourth-order valence-corrected chi connectivity index (χ4v) is 4.67. The monoisotopic (exact) mass is 356 g/mol. The Hall–Kier alpha value is -2.34. The Bertz CT molecular complexity index is 789. The van der Waals surface area contributed by atoms with Gasteiger partial charge in [0.25, 0.3) is 5.91 Å². The third-order valence-corrected chi connectivity index (χ3v) is 5.86. The first-order valence-electron chi connectivity index (χ1n) is 8.59. The van der Waals surface area contributed by atoms with Crippen LogP contribution < -0.4 is 10.1 Å². The maximum Gasteiger partial charge on any atom is 0.325 e. The van der Waals surface area contributed by atoms with Gasteiger partial charge in [0, 0.05) is 17.0 Å². The van der Waals surface area contributed by atoms with Crippen LogP contribution in [0.5, 0.6) is 5.75 Å². The van der Waals surface area contributed by atoms with Crippen LogP contribution in [-0.2, 0) is 16.8 Å². The van der Waals surface area contributed by atoms with Gasteiger partial charge in [-0.3, -0.25) is 9.69 Å². The van der Waals surface area contributed by atoms with Crippen molar-refractivity contribution in [1.82, 2.24) is 10.2 Å². The van der Waals surface area contributed by atoms with E-state index in [0.29, 0.717) is 26.0 Å². The van der Waals surface area contributed by atoms with E-state index < -0.39 is 5.54 Å². The summed E-state index contributed by atoms with van der Waals surface area (Å²) >= 11 is 1.67. The summed E-state index contributed by atoms with van der Waals surface area (Å²) in [7, 11) is 0. The molecule has 1 aromatic heterocycles. The molecule has 0 bridgehead atoms. The number of amides is 3. The molecule has 1 saturated heterocycles. The third kappa shape index (κ3) is 2.80. The molecule has 1 spiro atoms. The number of rotatable bonds is 5. The van der Waals surface area contributed by atoms with Gasteiger partial charge in [-0.2, -0.15) is 0 Å². The summed E-state index contributed by atoms with van der Waals surface area (Å²) in [5, 5.41) is 4.98. The maximum atomic E-state index is 13.0. The summed E-state index contributed by atoms with van der Waals surface area (Å²) < 4.78 is 5.65. The van der Waals surface area contributed by atoms with Crippen molar-refractivity contribution in [2.45, 2.75) is 31.2 Å². The largest absolute Gasteiger partial charge is 0.494 e. The average molecular weight is 356 g/mol. The molecule has 2 aliphatic rings. The van der Waals surface area contributed by atoms with Crippen LogP contribution in [0.1, 0.15) is 29.7 Å². The molecule has 25 heavy (non-hydrogen) atoms. The van der Waals surface area contributed by atoms with E-state index in [1.165, 1.54) is 9.78 Å². The van der Waals surface area contributed by atoms with Crippen molar-refractivity contribution in [3.8, 4) is 5.75 Å². The van der Waals surface area contributed by atoms with Crippen molar-refractivity contribution < 1.29 is 14.3 Å². The number of hydrogen-bond acceptors (Lipinski definition) is 4. The van der Waals surface area contributed by atoms with Crippen LogP contribution in [-0.4, -0.2) is 30.0 Å². The molecular weight excluding hydrogens is 336 g/mol. The summed E-state index contributed by atoms with van der Waals surface area (Å²) in [6.45, 7) is 0.844. The van der Waals surface area contributed by atoms with Gasteiger partial charge in [0.2, 0.25) is 0 Å². The summed E-state index contributed by atoms with van der Waals surface area (Å²) in [5.41, 5.74) is 0.149. The Balaban J connectivity index is 1.41. The highest BCUT2D eigenvalue weighted by Gasteiger charge is 2.54. The molecule has 3 amide bonds. The van der Waals surface area contributed by atoms with E-state index in [2.05, 4.69) is 5.32 Å². The normalized spacial score (nSPS) is 22.2.